The minimum atomic E-state index is -0.192. The van der Waals surface area contributed by atoms with E-state index in [1.807, 2.05) is 35.8 Å². The molecule has 1 aromatic heterocycles. The van der Waals surface area contributed by atoms with Gasteiger partial charge in [-0.2, -0.15) is 0 Å². The van der Waals surface area contributed by atoms with Gasteiger partial charge in [0.05, 0.1) is 12.8 Å². The minimum absolute atomic E-state index is 0.181. The highest BCUT2D eigenvalue weighted by molar-refractivity contribution is 7.13. The Morgan fingerprint density at radius 3 is 2.83 bits per heavy atom. The standard InChI is InChI=1S/C16H20N4O2S/c1-22-14-5-3-2-4-13(14)19-15(21)18-12-6-9-20(10-7-12)16-17-8-11-23-16/h2-5,8,11-12H,6-7,9-10H2,1H3,(H2,18,19,21). The number of nitrogens with zero attached hydrogens (tertiary/aromatic N) is 2. The predicted molar refractivity (Wildman–Crippen MR) is 92.5 cm³/mol. The number of thiazole rings is 1. The second-order valence-electron chi connectivity index (χ2n) is 5.37. The number of anilines is 2. The zero-order chi connectivity index (χ0) is 16.1. The lowest BCUT2D eigenvalue weighted by atomic mass is 10.1. The van der Waals surface area contributed by atoms with Crippen LogP contribution >= 0.6 is 11.3 Å². The molecule has 3 rings (SSSR count). The average Bonchev–Trinajstić information content (AvgIpc) is 3.10. The van der Waals surface area contributed by atoms with E-state index in [1.165, 1.54) is 0 Å². The fraction of sp³-hybridized carbons (Fsp3) is 0.375. The molecular formula is C16H20N4O2S. The topological polar surface area (TPSA) is 66.5 Å². The second kappa shape index (κ2) is 7.32. The summed E-state index contributed by atoms with van der Waals surface area (Å²) in [6, 6.07) is 7.37. The molecule has 7 heteroatoms. The Bertz CT molecular complexity index is 639. The van der Waals surface area contributed by atoms with Crippen molar-refractivity contribution >= 4 is 28.2 Å². The normalized spacial score (nSPS) is 15.3. The number of hydrogen-bond acceptors (Lipinski definition) is 5. The highest BCUT2D eigenvalue weighted by Gasteiger charge is 2.22. The number of benzene rings is 1. The Labute approximate surface area is 139 Å². The van der Waals surface area contributed by atoms with Crippen LogP contribution in [-0.4, -0.2) is 37.3 Å². The maximum atomic E-state index is 12.2. The Hall–Kier alpha value is -2.28. The molecule has 0 spiro atoms. The molecule has 1 aromatic carbocycles. The number of urea groups is 1. The summed E-state index contributed by atoms with van der Waals surface area (Å²) in [6.07, 6.45) is 3.66. The largest absolute Gasteiger partial charge is 0.495 e. The summed E-state index contributed by atoms with van der Waals surface area (Å²) >= 11 is 1.65. The first-order valence-corrected chi connectivity index (χ1v) is 8.49. The lowest BCUT2D eigenvalue weighted by molar-refractivity contribution is 0.246. The Balaban J connectivity index is 1.49. The quantitative estimate of drug-likeness (QED) is 0.903. The number of carbonyl (C=O) groups excluding carboxylic acids is 1. The summed E-state index contributed by atoms with van der Waals surface area (Å²) < 4.78 is 5.24. The monoisotopic (exact) mass is 332 g/mol. The number of amides is 2. The number of methoxy groups -OCH3 is 1. The van der Waals surface area contributed by atoms with Crippen LogP contribution in [0.5, 0.6) is 5.75 Å². The van der Waals surface area contributed by atoms with E-state index >= 15 is 0 Å². The molecule has 0 unspecified atom stereocenters. The first-order chi connectivity index (χ1) is 11.3. The zero-order valence-electron chi connectivity index (χ0n) is 13.0. The third kappa shape index (κ3) is 3.92. The van der Waals surface area contributed by atoms with Crippen molar-refractivity contribution in [3.8, 4) is 5.75 Å². The number of nitrogens with one attached hydrogen (secondary N) is 2. The Kier molecular flexibility index (Phi) is 4.97. The Morgan fingerprint density at radius 2 is 2.13 bits per heavy atom. The van der Waals surface area contributed by atoms with Crippen molar-refractivity contribution < 1.29 is 9.53 Å². The first kappa shape index (κ1) is 15.6. The molecule has 6 nitrogen and oxygen atoms in total. The molecule has 2 aromatic rings. The molecule has 2 N–H and O–H groups in total. The molecule has 0 atom stereocenters. The van der Waals surface area contributed by atoms with Gasteiger partial charge in [0.2, 0.25) is 0 Å². The summed E-state index contributed by atoms with van der Waals surface area (Å²) in [5, 5.41) is 8.93. The van der Waals surface area contributed by atoms with E-state index in [2.05, 4.69) is 20.5 Å². The van der Waals surface area contributed by atoms with Crippen molar-refractivity contribution in [1.82, 2.24) is 10.3 Å². The van der Waals surface area contributed by atoms with Gasteiger partial charge in [-0.3, -0.25) is 0 Å². The Morgan fingerprint density at radius 1 is 1.35 bits per heavy atom. The molecule has 1 aliphatic rings. The minimum Gasteiger partial charge on any atom is -0.495 e. The number of aromatic nitrogens is 1. The van der Waals surface area contributed by atoms with Gasteiger partial charge in [0.15, 0.2) is 5.13 Å². The number of piperidine rings is 1. The summed E-state index contributed by atoms with van der Waals surface area (Å²) in [6.45, 7) is 1.82. The molecule has 0 saturated carbocycles. The number of ether oxygens (including phenoxy) is 1. The third-order valence-corrected chi connectivity index (χ3v) is 4.71. The van der Waals surface area contributed by atoms with Crippen molar-refractivity contribution in [2.24, 2.45) is 0 Å². The molecular weight excluding hydrogens is 312 g/mol. The van der Waals surface area contributed by atoms with E-state index in [-0.39, 0.29) is 12.1 Å². The summed E-state index contributed by atoms with van der Waals surface area (Å²) in [5.74, 6) is 0.654. The van der Waals surface area contributed by atoms with Crippen LogP contribution in [0.25, 0.3) is 0 Å². The summed E-state index contributed by atoms with van der Waals surface area (Å²) in [5.41, 5.74) is 0.674. The van der Waals surface area contributed by atoms with Gasteiger partial charge in [0.25, 0.3) is 0 Å². The van der Waals surface area contributed by atoms with Crippen LogP contribution in [0.2, 0.25) is 0 Å². The first-order valence-electron chi connectivity index (χ1n) is 7.61. The van der Waals surface area contributed by atoms with E-state index < -0.39 is 0 Å². The van der Waals surface area contributed by atoms with Crippen molar-refractivity contribution in [2.75, 3.05) is 30.4 Å². The van der Waals surface area contributed by atoms with Crippen molar-refractivity contribution in [1.29, 1.82) is 0 Å². The molecule has 2 heterocycles. The molecule has 122 valence electrons. The third-order valence-electron chi connectivity index (χ3n) is 3.88. The lowest BCUT2D eigenvalue weighted by Gasteiger charge is -2.32. The molecule has 1 saturated heterocycles. The fourth-order valence-electron chi connectivity index (χ4n) is 2.68. The number of hydrogen-bond donors (Lipinski definition) is 2. The van der Waals surface area contributed by atoms with Crippen LogP contribution in [0.4, 0.5) is 15.6 Å². The van der Waals surface area contributed by atoms with Gasteiger partial charge in [0, 0.05) is 30.7 Å². The molecule has 1 aliphatic heterocycles. The second-order valence-corrected chi connectivity index (χ2v) is 6.25. The predicted octanol–water partition coefficient (Wildman–Crippen LogP) is 2.94. The summed E-state index contributed by atoms with van der Waals surface area (Å²) in [4.78, 5) is 18.8. The SMILES string of the molecule is COc1ccccc1NC(=O)NC1CCN(c2nccs2)CC1. The lowest BCUT2D eigenvalue weighted by Crippen LogP contribution is -2.46. The molecule has 0 bridgehead atoms. The van der Waals surface area contributed by atoms with Gasteiger partial charge in [-0.1, -0.05) is 12.1 Å². The van der Waals surface area contributed by atoms with Crippen molar-refractivity contribution in [3.63, 3.8) is 0 Å². The van der Waals surface area contributed by atoms with Gasteiger partial charge in [0.1, 0.15) is 5.75 Å². The maximum Gasteiger partial charge on any atom is 0.319 e. The number of para-hydroxylation sites is 2. The van der Waals surface area contributed by atoms with E-state index in [9.17, 15) is 4.79 Å². The van der Waals surface area contributed by atoms with Crippen LogP contribution in [0.1, 0.15) is 12.8 Å². The van der Waals surface area contributed by atoms with Gasteiger partial charge < -0.3 is 20.3 Å². The zero-order valence-corrected chi connectivity index (χ0v) is 13.8. The summed E-state index contributed by atoms with van der Waals surface area (Å²) in [7, 11) is 1.59. The van der Waals surface area contributed by atoms with Crippen LogP contribution in [0, 0.1) is 0 Å². The number of carbonyl (C=O) groups is 1. The molecule has 0 aliphatic carbocycles. The number of rotatable bonds is 4. The van der Waals surface area contributed by atoms with Crippen LogP contribution in [0.15, 0.2) is 35.8 Å². The van der Waals surface area contributed by atoms with Gasteiger partial charge in [-0.05, 0) is 25.0 Å². The highest BCUT2D eigenvalue weighted by Crippen LogP contribution is 2.24. The molecule has 23 heavy (non-hydrogen) atoms. The van der Waals surface area contributed by atoms with Gasteiger partial charge >= 0.3 is 6.03 Å². The van der Waals surface area contributed by atoms with Crippen molar-refractivity contribution in [2.45, 2.75) is 18.9 Å². The highest BCUT2D eigenvalue weighted by atomic mass is 32.1. The van der Waals surface area contributed by atoms with Crippen LogP contribution in [0.3, 0.4) is 0 Å². The van der Waals surface area contributed by atoms with Crippen molar-refractivity contribution in [3.05, 3.63) is 35.8 Å². The van der Waals surface area contributed by atoms with Gasteiger partial charge in [-0.15, -0.1) is 11.3 Å². The van der Waals surface area contributed by atoms with Crippen LogP contribution in [-0.2, 0) is 0 Å². The average molecular weight is 332 g/mol. The van der Waals surface area contributed by atoms with E-state index in [1.54, 1.807) is 18.4 Å². The van der Waals surface area contributed by atoms with Gasteiger partial charge in [-0.25, -0.2) is 9.78 Å². The van der Waals surface area contributed by atoms with E-state index in [0.29, 0.717) is 11.4 Å². The van der Waals surface area contributed by atoms with Crippen LogP contribution < -0.4 is 20.3 Å². The van der Waals surface area contributed by atoms with E-state index in [0.717, 1.165) is 31.1 Å². The molecule has 0 radical (unpaired) electrons. The smallest absolute Gasteiger partial charge is 0.319 e. The molecule has 2 amide bonds. The van der Waals surface area contributed by atoms with E-state index in [4.69, 9.17) is 4.74 Å². The fourth-order valence-corrected chi connectivity index (χ4v) is 3.38. The maximum absolute atomic E-state index is 12.2. The molecule has 1 fully saturated rings.